The van der Waals surface area contributed by atoms with Crippen molar-refractivity contribution in [2.75, 3.05) is 5.73 Å². The van der Waals surface area contributed by atoms with Crippen molar-refractivity contribution in [3.8, 4) is 11.3 Å². The number of hydrogen-bond acceptors (Lipinski definition) is 5. The average Bonchev–Trinajstić information content (AvgIpc) is 3.47. The summed E-state index contributed by atoms with van der Waals surface area (Å²) in [6, 6.07) is 20.2. The Kier molecular flexibility index (Phi) is 3.48. The van der Waals surface area contributed by atoms with Gasteiger partial charge >= 0.3 is 0 Å². The highest BCUT2D eigenvalue weighted by molar-refractivity contribution is 5.91. The molecule has 5 N–H and O–H groups in total. The van der Waals surface area contributed by atoms with E-state index < -0.39 is 0 Å². The van der Waals surface area contributed by atoms with E-state index in [0.717, 1.165) is 40.7 Å². The SMILES string of the molecule is Nc1n[nH]c2ccc(-c3ccc(C(N)C4(c5ccccc5)CC4)nn3)cc12. The van der Waals surface area contributed by atoms with Crippen LogP contribution in [0.25, 0.3) is 22.2 Å². The van der Waals surface area contributed by atoms with Crippen LogP contribution in [0.3, 0.4) is 0 Å². The second-order valence-electron chi connectivity index (χ2n) is 7.21. The predicted octanol–water partition coefficient (Wildman–Crippen LogP) is 3.33. The number of nitrogens with one attached hydrogen (secondary N) is 1. The third kappa shape index (κ3) is 2.57. The fourth-order valence-corrected chi connectivity index (χ4v) is 3.82. The zero-order valence-corrected chi connectivity index (χ0v) is 14.8. The van der Waals surface area contributed by atoms with Gasteiger partial charge in [0.1, 0.15) is 0 Å². The summed E-state index contributed by atoms with van der Waals surface area (Å²) in [7, 11) is 0. The van der Waals surface area contributed by atoms with E-state index in [-0.39, 0.29) is 11.5 Å². The van der Waals surface area contributed by atoms with E-state index in [1.54, 1.807) is 0 Å². The summed E-state index contributed by atoms with van der Waals surface area (Å²) in [5.74, 6) is 0.483. The molecule has 4 aromatic rings. The molecule has 0 bridgehead atoms. The van der Waals surface area contributed by atoms with Crippen LogP contribution in [0.4, 0.5) is 5.82 Å². The average molecular weight is 356 g/mol. The van der Waals surface area contributed by atoms with Crippen molar-refractivity contribution in [1.82, 2.24) is 20.4 Å². The van der Waals surface area contributed by atoms with Gasteiger partial charge in [-0.1, -0.05) is 36.4 Å². The van der Waals surface area contributed by atoms with E-state index in [0.29, 0.717) is 5.82 Å². The Morgan fingerprint density at radius 1 is 0.963 bits per heavy atom. The number of nitrogens with two attached hydrogens (primary N) is 2. The number of nitrogen functional groups attached to an aromatic ring is 1. The van der Waals surface area contributed by atoms with Crippen molar-refractivity contribution >= 4 is 16.7 Å². The maximum atomic E-state index is 6.61. The molecule has 1 aliphatic carbocycles. The highest BCUT2D eigenvalue weighted by atomic mass is 15.2. The van der Waals surface area contributed by atoms with Crippen LogP contribution < -0.4 is 11.5 Å². The van der Waals surface area contributed by atoms with Crippen LogP contribution in [0, 0.1) is 0 Å². The topological polar surface area (TPSA) is 106 Å². The Morgan fingerprint density at radius 3 is 2.48 bits per heavy atom. The lowest BCUT2D eigenvalue weighted by atomic mass is 9.86. The molecule has 0 amide bonds. The van der Waals surface area contributed by atoms with Crippen molar-refractivity contribution in [2.24, 2.45) is 5.73 Å². The summed E-state index contributed by atoms with van der Waals surface area (Å²) in [5.41, 5.74) is 17.2. The number of aromatic nitrogens is 4. The largest absolute Gasteiger partial charge is 0.382 e. The Morgan fingerprint density at radius 2 is 1.78 bits per heavy atom. The minimum Gasteiger partial charge on any atom is -0.382 e. The molecule has 0 aliphatic heterocycles. The lowest BCUT2D eigenvalue weighted by Gasteiger charge is -2.23. The first-order chi connectivity index (χ1) is 13.2. The minimum absolute atomic E-state index is 0.0123. The highest BCUT2D eigenvalue weighted by Crippen LogP contribution is 2.55. The number of hydrogen-bond donors (Lipinski definition) is 3. The Labute approximate surface area is 156 Å². The number of fused-ring (bicyclic) bond motifs is 1. The van der Waals surface area contributed by atoms with Gasteiger partial charge in [-0.05, 0) is 42.7 Å². The van der Waals surface area contributed by atoms with Crippen LogP contribution in [-0.2, 0) is 5.41 Å². The van der Waals surface area contributed by atoms with Gasteiger partial charge in [-0.15, -0.1) is 0 Å². The number of anilines is 1. The molecular formula is C21H20N6. The van der Waals surface area contributed by atoms with Crippen LogP contribution >= 0.6 is 0 Å². The van der Waals surface area contributed by atoms with Crippen LogP contribution in [0.1, 0.15) is 30.1 Å². The van der Waals surface area contributed by atoms with Gasteiger partial charge in [0, 0.05) is 16.4 Å². The molecule has 2 aromatic carbocycles. The van der Waals surface area contributed by atoms with Crippen molar-refractivity contribution in [2.45, 2.75) is 24.3 Å². The molecular weight excluding hydrogens is 336 g/mol. The minimum atomic E-state index is -0.159. The highest BCUT2D eigenvalue weighted by Gasteiger charge is 2.50. The molecule has 2 heterocycles. The van der Waals surface area contributed by atoms with Crippen LogP contribution in [0.2, 0.25) is 0 Å². The van der Waals surface area contributed by atoms with Crippen molar-refractivity contribution < 1.29 is 0 Å². The fraction of sp³-hybridized carbons (Fsp3) is 0.190. The molecule has 1 atom stereocenters. The number of benzene rings is 2. The summed E-state index contributed by atoms with van der Waals surface area (Å²) in [4.78, 5) is 0. The maximum absolute atomic E-state index is 6.61. The molecule has 0 saturated heterocycles. The maximum Gasteiger partial charge on any atom is 0.153 e. The smallest absolute Gasteiger partial charge is 0.153 e. The van der Waals surface area contributed by atoms with Gasteiger partial charge in [0.05, 0.1) is 22.9 Å². The predicted molar refractivity (Wildman–Crippen MR) is 106 cm³/mol. The second-order valence-corrected chi connectivity index (χ2v) is 7.21. The molecule has 134 valence electrons. The molecule has 1 aliphatic rings. The number of nitrogens with zero attached hydrogens (tertiary/aromatic N) is 3. The van der Waals surface area contributed by atoms with Crippen molar-refractivity contribution in [3.05, 3.63) is 71.9 Å². The Hall–Kier alpha value is -3.25. The molecule has 5 rings (SSSR count). The summed E-state index contributed by atoms with van der Waals surface area (Å²) >= 11 is 0. The molecule has 2 aromatic heterocycles. The van der Waals surface area contributed by atoms with Gasteiger partial charge in [0.2, 0.25) is 0 Å². The van der Waals surface area contributed by atoms with Crippen LogP contribution in [0.5, 0.6) is 0 Å². The quantitative estimate of drug-likeness (QED) is 0.520. The zero-order valence-electron chi connectivity index (χ0n) is 14.8. The molecule has 6 heteroatoms. The first kappa shape index (κ1) is 16.0. The lowest BCUT2D eigenvalue weighted by Crippen LogP contribution is -2.27. The molecule has 0 spiro atoms. The third-order valence-corrected chi connectivity index (χ3v) is 5.62. The molecule has 1 unspecified atom stereocenters. The van der Waals surface area contributed by atoms with Gasteiger partial charge < -0.3 is 11.5 Å². The monoisotopic (exact) mass is 356 g/mol. The third-order valence-electron chi connectivity index (χ3n) is 5.62. The molecule has 1 saturated carbocycles. The first-order valence-electron chi connectivity index (χ1n) is 9.06. The van der Waals surface area contributed by atoms with E-state index in [2.05, 4.69) is 44.7 Å². The fourth-order valence-electron chi connectivity index (χ4n) is 3.82. The van der Waals surface area contributed by atoms with Crippen LogP contribution in [-0.4, -0.2) is 20.4 Å². The summed E-state index contributed by atoms with van der Waals surface area (Å²) in [5, 5.41) is 16.7. The van der Waals surface area contributed by atoms with E-state index in [1.165, 1.54) is 5.56 Å². The molecule has 0 radical (unpaired) electrons. The summed E-state index contributed by atoms with van der Waals surface area (Å²) in [6.07, 6.45) is 2.16. The van der Waals surface area contributed by atoms with E-state index >= 15 is 0 Å². The van der Waals surface area contributed by atoms with Crippen molar-refractivity contribution in [3.63, 3.8) is 0 Å². The summed E-state index contributed by atoms with van der Waals surface area (Å²) in [6.45, 7) is 0. The van der Waals surface area contributed by atoms with Gasteiger partial charge in [0.15, 0.2) is 5.82 Å². The van der Waals surface area contributed by atoms with Crippen LogP contribution in [0.15, 0.2) is 60.7 Å². The number of H-pyrrole nitrogens is 1. The number of aromatic amines is 1. The van der Waals surface area contributed by atoms with E-state index in [4.69, 9.17) is 11.5 Å². The summed E-state index contributed by atoms with van der Waals surface area (Å²) < 4.78 is 0. The van der Waals surface area contributed by atoms with Gasteiger partial charge in [0.25, 0.3) is 0 Å². The molecule has 1 fully saturated rings. The van der Waals surface area contributed by atoms with E-state index in [1.807, 2.05) is 36.4 Å². The lowest BCUT2D eigenvalue weighted by molar-refractivity contribution is 0.523. The Balaban J connectivity index is 1.45. The first-order valence-corrected chi connectivity index (χ1v) is 9.06. The normalized spacial score (nSPS) is 16.3. The number of rotatable bonds is 4. The van der Waals surface area contributed by atoms with E-state index in [9.17, 15) is 0 Å². The second kappa shape index (κ2) is 5.89. The van der Waals surface area contributed by atoms with Gasteiger partial charge in [-0.25, -0.2) is 0 Å². The standard InChI is InChI=1S/C21H20N6/c22-19(21(10-11-21)14-4-2-1-3-5-14)18-9-8-16(24-26-18)13-6-7-17-15(12-13)20(23)27-25-17/h1-9,12,19H,10-11,22H2,(H3,23,25,27). The van der Waals surface area contributed by atoms with Gasteiger partial charge in [-0.2, -0.15) is 15.3 Å². The molecule has 27 heavy (non-hydrogen) atoms. The molecule has 6 nitrogen and oxygen atoms in total. The Bertz CT molecular complexity index is 1100. The zero-order chi connectivity index (χ0) is 18.4. The van der Waals surface area contributed by atoms with Gasteiger partial charge in [-0.3, -0.25) is 5.10 Å². The van der Waals surface area contributed by atoms with Crippen molar-refractivity contribution in [1.29, 1.82) is 0 Å².